The third-order valence-electron chi connectivity index (χ3n) is 4.14. The second kappa shape index (κ2) is 8.30. The number of carbonyl (C=O) groups is 2. The third kappa shape index (κ3) is 3.55. The van der Waals surface area contributed by atoms with E-state index in [1.165, 1.54) is 21.2 Å². The predicted molar refractivity (Wildman–Crippen MR) is 106 cm³/mol. The van der Waals surface area contributed by atoms with Gasteiger partial charge in [0.25, 0.3) is 0 Å². The normalized spacial score (nSPS) is 10.2. The molecule has 3 aromatic carbocycles. The highest BCUT2D eigenvalue weighted by atomic mass is 16.6. The van der Waals surface area contributed by atoms with Crippen LogP contribution in [0.25, 0.3) is 21.9 Å². The first-order valence-electron chi connectivity index (χ1n) is 8.58. The molecule has 0 unspecified atom stereocenters. The van der Waals surface area contributed by atoms with Gasteiger partial charge in [0, 0.05) is 24.9 Å². The lowest BCUT2D eigenvalue weighted by Gasteiger charge is -2.20. The van der Waals surface area contributed by atoms with E-state index in [1.54, 1.807) is 18.2 Å². The van der Waals surface area contributed by atoms with Crippen LogP contribution in [-0.2, 0) is 0 Å². The summed E-state index contributed by atoms with van der Waals surface area (Å²) in [7, 11) is 4.42. The molecule has 0 aromatic heterocycles. The largest absolute Gasteiger partial charge is 0.492 e. The van der Waals surface area contributed by atoms with E-state index in [1.807, 2.05) is 36.4 Å². The zero-order valence-corrected chi connectivity index (χ0v) is 15.7. The lowest BCUT2D eigenvalue weighted by atomic mass is 9.97. The van der Waals surface area contributed by atoms with Crippen molar-refractivity contribution in [1.82, 2.24) is 10.6 Å². The fourth-order valence-corrected chi connectivity index (χ4v) is 2.91. The van der Waals surface area contributed by atoms with Crippen molar-refractivity contribution in [3.63, 3.8) is 0 Å². The van der Waals surface area contributed by atoms with Gasteiger partial charge in [-0.2, -0.15) is 0 Å². The molecule has 0 fully saturated rings. The van der Waals surface area contributed by atoms with Crippen LogP contribution >= 0.6 is 0 Å². The van der Waals surface area contributed by atoms with Crippen molar-refractivity contribution in [2.45, 2.75) is 0 Å². The van der Waals surface area contributed by atoms with Crippen LogP contribution in [0.4, 0.5) is 9.59 Å². The third-order valence-corrected chi connectivity index (χ3v) is 4.14. The lowest BCUT2D eigenvalue weighted by Crippen LogP contribution is -2.24. The van der Waals surface area contributed by atoms with E-state index in [-0.39, 0.29) is 11.5 Å². The number of benzene rings is 3. The number of methoxy groups -OCH3 is 1. The highest BCUT2D eigenvalue weighted by Gasteiger charge is 2.26. The van der Waals surface area contributed by atoms with Gasteiger partial charge >= 0.3 is 12.2 Å². The molecule has 0 saturated heterocycles. The van der Waals surface area contributed by atoms with E-state index in [4.69, 9.17) is 14.2 Å². The Bertz CT molecular complexity index is 1020. The van der Waals surface area contributed by atoms with E-state index < -0.39 is 12.2 Å². The van der Waals surface area contributed by atoms with E-state index in [0.717, 1.165) is 5.56 Å². The summed E-state index contributed by atoms with van der Waals surface area (Å²) in [6, 6.07) is 16.4. The molecular weight excluding hydrogens is 360 g/mol. The standard InChI is InChI=1S/C21H20N2O5/c1-22-20(24)27-17-14-11-7-8-12-15(14)18(28-21(25)23-2)19(26-3)16(17)13-9-5-4-6-10-13/h4-12H,1-3H3,(H,22,24)(H,23,25). The molecule has 0 bridgehead atoms. The van der Waals surface area contributed by atoms with Gasteiger partial charge in [-0.15, -0.1) is 0 Å². The van der Waals surface area contributed by atoms with E-state index in [0.29, 0.717) is 22.1 Å². The van der Waals surface area contributed by atoms with Gasteiger partial charge in [0.1, 0.15) is 0 Å². The van der Waals surface area contributed by atoms with Gasteiger partial charge in [-0.05, 0) is 5.56 Å². The number of nitrogens with one attached hydrogen (secondary N) is 2. The van der Waals surface area contributed by atoms with Crippen LogP contribution in [0, 0.1) is 0 Å². The van der Waals surface area contributed by atoms with Gasteiger partial charge in [0.05, 0.1) is 12.7 Å². The molecular formula is C21H20N2O5. The molecule has 0 atom stereocenters. The van der Waals surface area contributed by atoms with Gasteiger partial charge in [0.2, 0.25) is 0 Å². The highest BCUT2D eigenvalue weighted by Crippen LogP contribution is 2.50. The molecule has 0 aliphatic rings. The Morgan fingerprint density at radius 3 is 1.75 bits per heavy atom. The van der Waals surface area contributed by atoms with Crippen LogP contribution < -0.4 is 24.8 Å². The Kier molecular flexibility index (Phi) is 5.64. The molecule has 0 aliphatic carbocycles. The SMILES string of the molecule is CNC(=O)Oc1c(OC)c(-c2ccccc2)c(OC(=O)NC)c2ccccc12. The van der Waals surface area contributed by atoms with Gasteiger partial charge in [-0.25, -0.2) is 9.59 Å². The van der Waals surface area contributed by atoms with Gasteiger partial charge in [-0.3, -0.25) is 0 Å². The summed E-state index contributed by atoms with van der Waals surface area (Å²) < 4.78 is 16.7. The topological polar surface area (TPSA) is 85.9 Å². The van der Waals surface area contributed by atoms with E-state index in [9.17, 15) is 9.59 Å². The zero-order valence-electron chi connectivity index (χ0n) is 15.7. The maximum atomic E-state index is 12.0. The molecule has 0 aliphatic heterocycles. The number of hydrogen-bond donors (Lipinski definition) is 2. The molecule has 2 amide bonds. The summed E-state index contributed by atoms with van der Waals surface area (Å²) in [4.78, 5) is 24.0. The monoisotopic (exact) mass is 380 g/mol. The first-order valence-corrected chi connectivity index (χ1v) is 8.58. The molecule has 0 spiro atoms. The van der Waals surface area contributed by atoms with Crippen LogP contribution in [0.3, 0.4) is 0 Å². The number of carbonyl (C=O) groups excluding carboxylic acids is 2. The Morgan fingerprint density at radius 1 is 0.714 bits per heavy atom. The maximum absolute atomic E-state index is 12.0. The number of rotatable bonds is 4. The molecule has 144 valence electrons. The Labute approximate surface area is 162 Å². The smallest absolute Gasteiger partial charge is 0.412 e. The molecule has 3 aromatic rings. The van der Waals surface area contributed by atoms with Crippen molar-refractivity contribution in [2.75, 3.05) is 21.2 Å². The maximum Gasteiger partial charge on any atom is 0.412 e. The summed E-state index contributed by atoms with van der Waals surface area (Å²) in [6.07, 6.45) is -1.26. The van der Waals surface area contributed by atoms with Crippen molar-refractivity contribution in [1.29, 1.82) is 0 Å². The summed E-state index contributed by atoms with van der Waals surface area (Å²) in [5, 5.41) is 6.06. The fraction of sp³-hybridized carbons (Fsp3) is 0.143. The number of amides is 2. The zero-order chi connectivity index (χ0) is 20.1. The van der Waals surface area contributed by atoms with Gasteiger partial charge < -0.3 is 24.8 Å². The van der Waals surface area contributed by atoms with Gasteiger partial charge in [0.15, 0.2) is 17.2 Å². The fourth-order valence-electron chi connectivity index (χ4n) is 2.91. The van der Waals surface area contributed by atoms with E-state index >= 15 is 0 Å². The second-order valence-electron chi connectivity index (χ2n) is 5.76. The van der Waals surface area contributed by atoms with Crippen molar-refractivity contribution in [2.24, 2.45) is 0 Å². The van der Waals surface area contributed by atoms with Crippen LogP contribution in [0.15, 0.2) is 54.6 Å². The molecule has 7 heteroatoms. The molecule has 0 heterocycles. The first-order chi connectivity index (χ1) is 13.6. The Hall–Kier alpha value is -3.74. The van der Waals surface area contributed by atoms with Crippen molar-refractivity contribution in [3.05, 3.63) is 54.6 Å². The highest BCUT2D eigenvalue weighted by molar-refractivity contribution is 6.05. The lowest BCUT2D eigenvalue weighted by molar-refractivity contribution is 0.200. The minimum absolute atomic E-state index is 0.237. The van der Waals surface area contributed by atoms with E-state index in [2.05, 4.69) is 10.6 Å². The van der Waals surface area contributed by atoms with Crippen molar-refractivity contribution in [3.8, 4) is 28.4 Å². The molecule has 28 heavy (non-hydrogen) atoms. The summed E-state index contributed by atoms with van der Waals surface area (Å²) in [5.74, 6) is 0.829. The number of hydrogen-bond acceptors (Lipinski definition) is 5. The van der Waals surface area contributed by atoms with Crippen LogP contribution in [0.2, 0.25) is 0 Å². The summed E-state index contributed by atoms with van der Waals surface area (Å²) >= 11 is 0. The molecule has 3 rings (SSSR count). The van der Waals surface area contributed by atoms with Crippen molar-refractivity contribution < 1.29 is 23.8 Å². The van der Waals surface area contributed by atoms with Crippen molar-refractivity contribution >= 4 is 23.0 Å². The van der Waals surface area contributed by atoms with Crippen LogP contribution in [-0.4, -0.2) is 33.4 Å². The van der Waals surface area contributed by atoms with Crippen LogP contribution in [0.1, 0.15) is 0 Å². The summed E-state index contributed by atoms with van der Waals surface area (Å²) in [5.41, 5.74) is 1.25. The number of fused-ring (bicyclic) bond motifs is 1. The minimum Gasteiger partial charge on any atom is -0.492 e. The Balaban J connectivity index is 2.42. The average molecular weight is 380 g/mol. The molecule has 0 radical (unpaired) electrons. The quantitative estimate of drug-likeness (QED) is 0.716. The van der Waals surface area contributed by atoms with Gasteiger partial charge in [-0.1, -0.05) is 54.6 Å². The predicted octanol–water partition coefficient (Wildman–Crippen LogP) is 3.95. The van der Waals surface area contributed by atoms with Crippen LogP contribution in [0.5, 0.6) is 17.2 Å². The first kappa shape index (κ1) is 19.0. The molecule has 0 saturated carbocycles. The summed E-state index contributed by atoms with van der Waals surface area (Å²) in [6.45, 7) is 0. The molecule has 7 nitrogen and oxygen atoms in total. The second-order valence-corrected chi connectivity index (χ2v) is 5.76. The Morgan fingerprint density at radius 2 is 1.21 bits per heavy atom. The average Bonchev–Trinajstić information content (AvgIpc) is 2.75. The number of ether oxygens (including phenoxy) is 3. The molecule has 2 N–H and O–H groups in total. The minimum atomic E-state index is -0.637.